The predicted octanol–water partition coefficient (Wildman–Crippen LogP) is 3.38. The van der Waals surface area contributed by atoms with E-state index in [-0.39, 0.29) is 5.69 Å². The van der Waals surface area contributed by atoms with Crippen molar-refractivity contribution in [1.82, 2.24) is 10.2 Å². The average Bonchev–Trinajstić information content (AvgIpc) is 3.14. The monoisotopic (exact) mass is 357 g/mol. The lowest BCUT2D eigenvalue weighted by molar-refractivity contribution is 0.102. The number of hydrogen-bond donors (Lipinski definition) is 2. The van der Waals surface area contributed by atoms with Gasteiger partial charge in [-0.3, -0.25) is 9.89 Å². The van der Waals surface area contributed by atoms with Gasteiger partial charge in [0.25, 0.3) is 5.91 Å². The van der Waals surface area contributed by atoms with Crippen LogP contribution < -0.4 is 14.8 Å². The van der Waals surface area contributed by atoms with Crippen molar-refractivity contribution in [2.45, 2.75) is 0 Å². The molecule has 1 aliphatic rings. The van der Waals surface area contributed by atoms with E-state index in [1.54, 1.807) is 18.2 Å². The van der Waals surface area contributed by atoms with Gasteiger partial charge in [-0.05, 0) is 36.4 Å². The number of benzene rings is 2. The molecule has 0 radical (unpaired) electrons. The van der Waals surface area contributed by atoms with Crippen molar-refractivity contribution < 1.29 is 23.0 Å². The average molecular weight is 357 g/mol. The number of anilines is 1. The first-order valence-electron chi connectivity index (χ1n) is 7.82. The summed E-state index contributed by atoms with van der Waals surface area (Å²) in [5, 5.41) is 9.27. The Morgan fingerprint density at radius 2 is 1.81 bits per heavy atom. The zero-order chi connectivity index (χ0) is 18.1. The van der Waals surface area contributed by atoms with E-state index in [1.807, 2.05) is 0 Å². The number of carbonyl (C=O) groups excluding carboxylic acids is 1. The van der Waals surface area contributed by atoms with E-state index in [0.717, 1.165) is 12.1 Å². The highest BCUT2D eigenvalue weighted by molar-refractivity contribution is 6.03. The fraction of sp³-hybridized carbons (Fsp3) is 0.111. The third-order valence-corrected chi connectivity index (χ3v) is 3.84. The summed E-state index contributed by atoms with van der Waals surface area (Å²) in [6.45, 7) is 0.933. The number of amides is 1. The molecular formula is C18H13F2N3O3. The van der Waals surface area contributed by atoms with Crippen LogP contribution in [0.5, 0.6) is 11.5 Å². The highest BCUT2D eigenvalue weighted by Gasteiger charge is 2.15. The molecule has 2 N–H and O–H groups in total. The standard InChI is InChI=1S/C18H13F2N3O3/c19-12-3-1-10(7-13(12)20)14-9-15(23-22-14)18(24)21-11-2-4-16-17(8-11)26-6-5-25-16/h1-4,7-9H,5-6H2,(H,21,24)(H,22,23). The van der Waals surface area contributed by atoms with Crippen molar-refractivity contribution in [3.05, 3.63) is 59.8 Å². The van der Waals surface area contributed by atoms with Gasteiger partial charge >= 0.3 is 0 Å². The lowest BCUT2D eigenvalue weighted by Crippen LogP contribution is -2.16. The van der Waals surface area contributed by atoms with Gasteiger partial charge in [0.15, 0.2) is 23.1 Å². The Hall–Kier alpha value is -3.42. The number of ether oxygens (including phenoxy) is 2. The molecular weight excluding hydrogens is 344 g/mol. The number of H-pyrrole nitrogens is 1. The lowest BCUT2D eigenvalue weighted by Gasteiger charge is -2.18. The van der Waals surface area contributed by atoms with E-state index in [2.05, 4.69) is 15.5 Å². The largest absolute Gasteiger partial charge is 0.486 e. The maximum Gasteiger partial charge on any atom is 0.273 e. The van der Waals surface area contributed by atoms with Crippen molar-refractivity contribution >= 4 is 11.6 Å². The Morgan fingerprint density at radius 1 is 1.00 bits per heavy atom. The maximum absolute atomic E-state index is 13.3. The second kappa shape index (κ2) is 6.47. The van der Waals surface area contributed by atoms with Crippen molar-refractivity contribution in [2.24, 2.45) is 0 Å². The van der Waals surface area contributed by atoms with Crippen LogP contribution in [-0.2, 0) is 0 Å². The Kier molecular flexibility index (Phi) is 4.00. The van der Waals surface area contributed by atoms with E-state index in [0.29, 0.717) is 41.7 Å². The Labute approximate surface area is 146 Å². The summed E-state index contributed by atoms with van der Waals surface area (Å²) in [7, 11) is 0. The van der Waals surface area contributed by atoms with E-state index >= 15 is 0 Å². The maximum atomic E-state index is 13.3. The molecule has 2 aromatic carbocycles. The van der Waals surface area contributed by atoms with Crippen LogP contribution >= 0.6 is 0 Å². The molecule has 132 valence electrons. The van der Waals surface area contributed by atoms with Crippen molar-refractivity contribution in [3.63, 3.8) is 0 Å². The van der Waals surface area contributed by atoms with Gasteiger partial charge in [-0.25, -0.2) is 8.78 Å². The van der Waals surface area contributed by atoms with Crippen molar-refractivity contribution in [3.8, 4) is 22.8 Å². The first-order valence-corrected chi connectivity index (χ1v) is 7.82. The fourth-order valence-electron chi connectivity index (χ4n) is 2.56. The van der Waals surface area contributed by atoms with Gasteiger partial charge in [0.1, 0.15) is 18.9 Å². The topological polar surface area (TPSA) is 76.2 Å². The van der Waals surface area contributed by atoms with Crippen LogP contribution in [0, 0.1) is 11.6 Å². The molecule has 1 aliphatic heterocycles. The smallest absolute Gasteiger partial charge is 0.273 e. The molecule has 26 heavy (non-hydrogen) atoms. The minimum absolute atomic E-state index is 0.180. The number of carbonyl (C=O) groups is 1. The van der Waals surface area contributed by atoms with Crippen LogP contribution in [0.3, 0.4) is 0 Å². The zero-order valence-electron chi connectivity index (χ0n) is 13.4. The fourth-order valence-corrected chi connectivity index (χ4v) is 2.56. The number of aromatic amines is 1. The molecule has 3 aromatic rings. The van der Waals surface area contributed by atoms with Gasteiger partial charge < -0.3 is 14.8 Å². The molecule has 0 aliphatic carbocycles. The van der Waals surface area contributed by atoms with Crippen LogP contribution in [0.15, 0.2) is 42.5 Å². The Bertz CT molecular complexity index is 988. The number of nitrogens with zero attached hydrogens (tertiary/aromatic N) is 1. The van der Waals surface area contributed by atoms with Gasteiger partial charge in [0.2, 0.25) is 0 Å². The predicted molar refractivity (Wildman–Crippen MR) is 89.3 cm³/mol. The minimum Gasteiger partial charge on any atom is -0.486 e. The highest BCUT2D eigenvalue weighted by atomic mass is 19.2. The summed E-state index contributed by atoms with van der Waals surface area (Å²) in [5.74, 6) is -1.17. The van der Waals surface area contributed by atoms with E-state index in [9.17, 15) is 13.6 Å². The van der Waals surface area contributed by atoms with Gasteiger partial charge in [0.05, 0.1) is 5.69 Å². The lowest BCUT2D eigenvalue weighted by atomic mass is 10.1. The molecule has 0 saturated carbocycles. The van der Waals surface area contributed by atoms with Crippen LogP contribution in [-0.4, -0.2) is 29.3 Å². The number of nitrogens with one attached hydrogen (secondary N) is 2. The molecule has 0 fully saturated rings. The second-order valence-corrected chi connectivity index (χ2v) is 5.61. The molecule has 0 spiro atoms. The van der Waals surface area contributed by atoms with Crippen molar-refractivity contribution in [2.75, 3.05) is 18.5 Å². The third kappa shape index (κ3) is 3.08. The summed E-state index contributed by atoms with van der Waals surface area (Å²) >= 11 is 0. The summed E-state index contributed by atoms with van der Waals surface area (Å²) in [6, 6.07) is 9.94. The molecule has 6 nitrogen and oxygen atoms in total. The number of rotatable bonds is 3. The van der Waals surface area contributed by atoms with E-state index in [4.69, 9.17) is 9.47 Å². The zero-order valence-corrected chi connectivity index (χ0v) is 13.4. The summed E-state index contributed by atoms with van der Waals surface area (Å²) in [5.41, 5.74) is 1.40. The highest BCUT2D eigenvalue weighted by Crippen LogP contribution is 2.32. The third-order valence-electron chi connectivity index (χ3n) is 3.84. The molecule has 2 heterocycles. The molecule has 0 atom stereocenters. The molecule has 0 saturated heterocycles. The van der Waals surface area contributed by atoms with E-state index in [1.165, 1.54) is 12.1 Å². The van der Waals surface area contributed by atoms with Crippen LogP contribution in [0.1, 0.15) is 10.5 Å². The van der Waals surface area contributed by atoms with Gasteiger partial charge in [-0.15, -0.1) is 0 Å². The first-order chi connectivity index (χ1) is 12.6. The molecule has 8 heteroatoms. The van der Waals surface area contributed by atoms with Gasteiger partial charge in [0, 0.05) is 17.3 Å². The Morgan fingerprint density at radius 3 is 2.62 bits per heavy atom. The molecule has 4 rings (SSSR count). The number of hydrogen-bond acceptors (Lipinski definition) is 4. The summed E-state index contributed by atoms with van der Waals surface area (Å²) in [6.07, 6.45) is 0. The van der Waals surface area contributed by atoms with Crippen molar-refractivity contribution in [1.29, 1.82) is 0 Å². The first kappa shape index (κ1) is 16.1. The second-order valence-electron chi connectivity index (χ2n) is 5.61. The summed E-state index contributed by atoms with van der Waals surface area (Å²) in [4.78, 5) is 12.4. The van der Waals surface area contributed by atoms with E-state index < -0.39 is 17.5 Å². The van der Waals surface area contributed by atoms with Crippen LogP contribution in [0.25, 0.3) is 11.3 Å². The number of aromatic nitrogens is 2. The quantitative estimate of drug-likeness (QED) is 0.753. The number of fused-ring (bicyclic) bond motifs is 1. The normalized spacial score (nSPS) is 12.7. The van der Waals surface area contributed by atoms with Crippen LogP contribution in [0.2, 0.25) is 0 Å². The molecule has 0 bridgehead atoms. The Balaban J connectivity index is 1.52. The van der Waals surface area contributed by atoms with Crippen LogP contribution in [0.4, 0.5) is 14.5 Å². The molecule has 1 aromatic heterocycles. The molecule has 1 amide bonds. The van der Waals surface area contributed by atoms with Gasteiger partial charge in [-0.1, -0.05) is 0 Å². The number of halogens is 2. The summed E-state index contributed by atoms with van der Waals surface area (Å²) < 4.78 is 37.3. The molecule has 0 unspecified atom stereocenters. The van der Waals surface area contributed by atoms with Gasteiger partial charge in [-0.2, -0.15) is 5.10 Å². The SMILES string of the molecule is O=C(Nc1ccc2c(c1)OCCO2)c1cc(-c2ccc(F)c(F)c2)n[nH]1. The minimum atomic E-state index is -0.979.